The summed E-state index contributed by atoms with van der Waals surface area (Å²) in [5, 5.41) is 11.5. The van der Waals surface area contributed by atoms with E-state index < -0.39 is 41.1 Å². The Hall–Kier alpha value is -2.58. The van der Waals surface area contributed by atoms with E-state index in [0.717, 1.165) is 10.4 Å². The number of carbonyl (C=O) groups excluding carboxylic acids is 3. The van der Waals surface area contributed by atoms with Crippen LogP contribution in [-0.4, -0.2) is 46.6 Å². The molecule has 1 N–H and O–H groups in total. The van der Waals surface area contributed by atoms with Gasteiger partial charge in [0.2, 0.25) is 0 Å². The van der Waals surface area contributed by atoms with Crippen molar-refractivity contribution in [2.75, 3.05) is 13.2 Å². The quantitative estimate of drug-likeness (QED) is 0.515. The second-order valence-corrected chi connectivity index (χ2v) is 8.89. The summed E-state index contributed by atoms with van der Waals surface area (Å²) in [6, 6.07) is 9.55. The molecule has 7 nitrogen and oxygen atoms in total. The number of ketones is 1. The van der Waals surface area contributed by atoms with Crippen molar-refractivity contribution in [2.24, 2.45) is 11.8 Å². The molecule has 1 aliphatic carbocycles. The van der Waals surface area contributed by atoms with Crippen molar-refractivity contribution in [3.05, 3.63) is 41.5 Å². The molecule has 2 aromatic rings. The lowest BCUT2D eigenvalue weighted by Crippen LogP contribution is -2.55. The van der Waals surface area contributed by atoms with E-state index in [2.05, 4.69) is 4.98 Å². The Morgan fingerprint density at radius 2 is 1.90 bits per heavy atom. The Labute approximate surface area is 185 Å². The molecule has 0 radical (unpaired) electrons. The number of Topliss-reactive ketones (excluding diaryl/α,β-unsaturated/α-hetero) is 1. The molecule has 31 heavy (non-hydrogen) atoms. The fraction of sp³-hybridized carbons (Fsp3) is 0.478. The predicted molar refractivity (Wildman–Crippen MR) is 115 cm³/mol. The van der Waals surface area contributed by atoms with Crippen molar-refractivity contribution >= 4 is 29.1 Å². The maximum Gasteiger partial charge on any atom is 0.317 e. The van der Waals surface area contributed by atoms with Crippen LogP contribution in [0.15, 0.2) is 36.5 Å². The number of nitrogens with zero attached hydrogens (tertiary/aromatic N) is 1. The maximum absolute atomic E-state index is 13.0. The third-order valence-corrected chi connectivity index (χ3v) is 6.52. The zero-order valence-electron chi connectivity index (χ0n) is 17.9. The molecule has 1 aromatic carbocycles. The minimum absolute atomic E-state index is 0.101. The molecular weight excluding hydrogens is 418 g/mol. The minimum atomic E-state index is -1.67. The maximum atomic E-state index is 13.0. The van der Waals surface area contributed by atoms with Crippen LogP contribution in [0, 0.1) is 11.8 Å². The summed E-state index contributed by atoms with van der Waals surface area (Å²) in [5.74, 6) is -5.14. The number of hydrogen-bond acceptors (Lipinski definition) is 8. The van der Waals surface area contributed by atoms with Crippen molar-refractivity contribution in [1.82, 2.24) is 4.98 Å². The highest BCUT2D eigenvalue weighted by atomic mass is 32.1. The molecule has 1 fully saturated rings. The van der Waals surface area contributed by atoms with Gasteiger partial charge in [-0.2, -0.15) is 0 Å². The number of esters is 2. The number of aromatic nitrogens is 1. The van der Waals surface area contributed by atoms with Crippen LogP contribution in [0.3, 0.4) is 0 Å². The number of aliphatic hydroxyl groups is 1. The van der Waals surface area contributed by atoms with Crippen molar-refractivity contribution < 1.29 is 29.0 Å². The summed E-state index contributed by atoms with van der Waals surface area (Å²) in [6.07, 6.45) is 1.93. The van der Waals surface area contributed by atoms with Crippen LogP contribution in [0.25, 0.3) is 10.4 Å². The summed E-state index contributed by atoms with van der Waals surface area (Å²) in [5.41, 5.74) is -0.744. The van der Waals surface area contributed by atoms with Gasteiger partial charge in [0.25, 0.3) is 0 Å². The van der Waals surface area contributed by atoms with E-state index in [0.29, 0.717) is 11.4 Å². The lowest BCUT2D eigenvalue weighted by molar-refractivity contribution is -0.172. The molecule has 1 aliphatic rings. The largest absolute Gasteiger partial charge is 0.465 e. The monoisotopic (exact) mass is 445 g/mol. The normalized spacial score (nSPS) is 25.8. The van der Waals surface area contributed by atoms with Gasteiger partial charge in [0.05, 0.1) is 34.6 Å². The van der Waals surface area contributed by atoms with Gasteiger partial charge in [0.15, 0.2) is 5.78 Å². The molecular formula is C23H27NO6S. The number of rotatable bonds is 7. The Morgan fingerprint density at radius 1 is 1.19 bits per heavy atom. The number of thiazole rings is 1. The molecule has 0 saturated heterocycles. The second-order valence-electron chi connectivity index (χ2n) is 7.83. The van der Waals surface area contributed by atoms with Crippen molar-refractivity contribution in [2.45, 2.75) is 45.1 Å². The van der Waals surface area contributed by atoms with E-state index in [1.165, 1.54) is 18.3 Å². The van der Waals surface area contributed by atoms with Crippen LogP contribution in [0.4, 0.5) is 0 Å². The highest BCUT2D eigenvalue weighted by Gasteiger charge is 2.58. The molecule has 1 saturated carbocycles. The first-order valence-corrected chi connectivity index (χ1v) is 11.2. The van der Waals surface area contributed by atoms with Gasteiger partial charge < -0.3 is 14.6 Å². The van der Waals surface area contributed by atoms with Crippen LogP contribution in [0.2, 0.25) is 0 Å². The van der Waals surface area contributed by atoms with E-state index in [1.807, 2.05) is 37.3 Å². The standard InChI is InChI=1S/C23H27NO6S/c1-4-11-30-22(27)19-18(17(21(26)29-5-2)15(25)12-23(19,3)28)20-24-13-16(31-20)14-9-7-6-8-10-14/h6-10,13,17-19,28H,4-5,11-12H2,1-3H3. The highest BCUT2D eigenvalue weighted by molar-refractivity contribution is 7.15. The average Bonchev–Trinajstić information content (AvgIpc) is 3.21. The molecule has 1 heterocycles. The molecule has 1 aromatic heterocycles. The topological polar surface area (TPSA) is 103 Å². The smallest absolute Gasteiger partial charge is 0.317 e. The molecule has 0 spiro atoms. The lowest BCUT2D eigenvalue weighted by atomic mass is 9.64. The van der Waals surface area contributed by atoms with Gasteiger partial charge in [-0.25, -0.2) is 4.98 Å². The number of benzene rings is 1. The van der Waals surface area contributed by atoms with Crippen LogP contribution < -0.4 is 0 Å². The van der Waals surface area contributed by atoms with E-state index >= 15 is 0 Å². The first-order chi connectivity index (χ1) is 14.8. The van der Waals surface area contributed by atoms with Gasteiger partial charge in [-0.3, -0.25) is 14.4 Å². The van der Waals surface area contributed by atoms with E-state index in [-0.39, 0.29) is 19.6 Å². The van der Waals surface area contributed by atoms with Crippen LogP contribution >= 0.6 is 11.3 Å². The van der Waals surface area contributed by atoms with Crippen molar-refractivity contribution in [3.8, 4) is 10.4 Å². The number of carbonyl (C=O) groups is 3. The summed E-state index contributed by atoms with van der Waals surface area (Å²) >= 11 is 1.29. The average molecular weight is 446 g/mol. The molecule has 4 unspecified atom stereocenters. The van der Waals surface area contributed by atoms with Gasteiger partial charge in [-0.15, -0.1) is 11.3 Å². The van der Waals surface area contributed by atoms with Gasteiger partial charge in [0, 0.05) is 18.5 Å². The molecule has 0 bridgehead atoms. The summed E-state index contributed by atoms with van der Waals surface area (Å²) in [6.45, 7) is 5.23. The third-order valence-electron chi connectivity index (χ3n) is 5.38. The van der Waals surface area contributed by atoms with Gasteiger partial charge in [-0.05, 0) is 25.8 Å². The Kier molecular flexibility index (Phi) is 7.23. The van der Waals surface area contributed by atoms with Crippen LogP contribution in [-0.2, 0) is 23.9 Å². The Morgan fingerprint density at radius 3 is 2.55 bits per heavy atom. The fourth-order valence-electron chi connectivity index (χ4n) is 4.02. The van der Waals surface area contributed by atoms with Gasteiger partial charge in [0.1, 0.15) is 5.92 Å². The van der Waals surface area contributed by atoms with E-state index in [4.69, 9.17) is 9.47 Å². The Bertz CT molecular complexity index is 939. The summed E-state index contributed by atoms with van der Waals surface area (Å²) in [4.78, 5) is 44.0. The van der Waals surface area contributed by atoms with Crippen molar-refractivity contribution in [1.29, 1.82) is 0 Å². The molecule has 8 heteroatoms. The van der Waals surface area contributed by atoms with Gasteiger partial charge in [-0.1, -0.05) is 37.3 Å². The Balaban J connectivity index is 2.09. The molecule has 3 rings (SSSR count). The summed E-state index contributed by atoms with van der Waals surface area (Å²) in [7, 11) is 0. The fourth-order valence-corrected chi connectivity index (χ4v) is 5.12. The number of ether oxygens (including phenoxy) is 2. The predicted octanol–water partition coefficient (Wildman–Crippen LogP) is 3.37. The van der Waals surface area contributed by atoms with Gasteiger partial charge >= 0.3 is 11.9 Å². The molecule has 166 valence electrons. The molecule has 0 aliphatic heterocycles. The zero-order valence-corrected chi connectivity index (χ0v) is 18.7. The van der Waals surface area contributed by atoms with E-state index in [1.54, 1.807) is 13.1 Å². The van der Waals surface area contributed by atoms with E-state index in [9.17, 15) is 19.5 Å². The SMILES string of the molecule is CCCOC(=O)C1C(c2ncc(-c3ccccc3)s2)C(C(=O)OCC)C(=O)CC1(C)O. The highest BCUT2D eigenvalue weighted by Crippen LogP contribution is 2.48. The zero-order chi connectivity index (χ0) is 22.6. The molecule has 4 atom stereocenters. The minimum Gasteiger partial charge on any atom is -0.465 e. The second kappa shape index (κ2) is 9.70. The summed E-state index contributed by atoms with van der Waals surface area (Å²) < 4.78 is 10.5. The van der Waals surface area contributed by atoms with Crippen LogP contribution in [0.1, 0.15) is 44.5 Å². The number of hydrogen-bond donors (Lipinski definition) is 1. The van der Waals surface area contributed by atoms with Crippen LogP contribution in [0.5, 0.6) is 0 Å². The molecule has 0 amide bonds. The first kappa shape index (κ1) is 23.1. The third kappa shape index (κ3) is 4.85. The van der Waals surface area contributed by atoms with Crippen molar-refractivity contribution in [3.63, 3.8) is 0 Å². The lowest BCUT2D eigenvalue weighted by Gasteiger charge is -2.42. The first-order valence-electron chi connectivity index (χ1n) is 10.4.